The Bertz CT molecular complexity index is 528. The number of hydrogen-bond acceptors (Lipinski definition) is 6. The van der Waals surface area contributed by atoms with Gasteiger partial charge >= 0.3 is 0 Å². The topological polar surface area (TPSA) is 102 Å². The second kappa shape index (κ2) is 7.72. The Kier molecular flexibility index (Phi) is 5.68. The van der Waals surface area contributed by atoms with Crippen LogP contribution >= 0.6 is 0 Å². The normalized spacial score (nSPS) is 20.6. The van der Waals surface area contributed by atoms with Crippen molar-refractivity contribution in [1.82, 2.24) is 20.1 Å². The van der Waals surface area contributed by atoms with E-state index < -0.39 is 0 Å². The minimum absolute atomic E-state index is 0.109. The predicted molar refractivity (Wildman–Crippen MR) is 74.8 cm³/mol. The molecule has 7 heteroatoms. The summed E-state index contributed by atoms with van der Waals surface area (Å²) in [4.78, 5) is 6.61. The van der Waals surface area contributed by atoms with Crippen LogP contribution in [0.3, 0.4) is 0 Å². The molecule has 21 heavy (non-hydrogen) atoms. The van der Waals surface area contributed by atoms with E-state index in [1.165, 1.54) is 0 Å². The highest BCUT2D eigenvalue weighted by atomic mass is 16.5. The van der Waals surface area contributed by atoms with Gasteiger partial charge in [-0.1, -0.05) is 6.92 Å². The van der Waals surface area contributed by atoms with Gasteiger partial charge in [0.2, 0.25) is 0 Å². The van der Waals surface area contributed by atoms with E-state index in [0.717, 1.165) is 18.8 Å². The molecule has 1 fully saturated rings. The summed E-state index contributed by atoms with van der Waals surface area (Å²) >= 11 is 0. The van der Waals surface area contributed by atoms with Gasteiger partial charge < -0.3 is 4.74 Å². The van der Waals surface area contributed by atoms with Gasteiger partial charge in [-0.25, -0.2) is 4.98 Å². The summed E-state index contributed by atoms with van der Waals surface area (Å²) < 4.78 is 5.73. The Morgan fingerprint density at radius 2 is 2.38 bits per heavy atom. The third kappa shape index (κ3) is 4.25. The Balaban J connectivity index is 1.91. The number of H-pyrrole nitrogens is 1. The van der Waals surface area contributed by atoms with E-state index in [-0.39, 0.29) is 12.0 Å². The molecule has 2 atom stereocenters. The first-order valence-corrected chi connectivity index (χ1v) is 7.28. The van der Waals surface area contributed by atoms with Crippen molar-refractivity contribution in [2.75, 3.05) is 26.2 Å². The third-order valence-corrected chi connectivity index (χ3v) is 3.59. The number of hydrogen-bond donors (Lipinski definition) is 1. The predicted octanol–water partition coefficient (Wildman–Crippen LogP) is 1.18. The first-order chi connectivity index (χ1) is 10.3. The number of ether oxygens (including phenoxy) is 1. The van der Waals surface area contributed by atoms with Crippen LogP contribution in [0.2, 0.25) is 0 Å². The maximum absolute atomic E-state index is 9.15. The lowest BCUT2D eigenvalue weighted by atomic mass is 10.0. The lowest BCUT2D eigenvalue weighted by molar-refractivity contribution is -0.0369. The summed E-state index contributed by atoms with van der Waals surface area (Å²) in [6.45, 7) is 4.78. The average Bonchev–Trinajstić information content (AvgIpc) is 3.01. The van der Waals surface area contributed by atoms with Crippen LogP contribution in [-0.2, 0) is 11.2 Å². The quantitative estimate of drug-likeness (QED) is 0.843. The van der Waals surface area contributed by atoms with Crippen molar-refractivity contribution in [2.45, 2.75) is 32.3 Å². The minimum Gasteiger partial charge on any atom is -0.367 e. The molecule has 1 saturated heterocycles. The number of nitrogens with zero attached hydrogens (tertiary/aromatic N) is 5. The summed E-state index contributed by atoms with van der Waals surface area (Å²) in [6.07, 6.45) is 1.71. The van der Waals surface area contributed by atoms with Gasteiger partial charge in [0.1, 0.15) is 11.9 Å². The summed E-state index contributed by atoms with van der Waals surface area (Å²) in [5.41, 5.74) is 0. The molecular formula is C14H20N6O. The number of nitriles is 2. The van der Waals surface area contributed by atoms with Gasteiger partial charge in [-0.3, -0.25) is 10.00 Å². The second-order valence-corrected chi connectivity index (χ2v) is 5.14. The molecular weight excluding hydrogens is 268 g/mol. The minimum atomic E-state index is -0.148. The van der Waals surface area contributed by atoms with Crippen molar-refractivity contribution >= 4 is 0 Å². The van der Waals surface area contributed by atoms with E-state index in [2.05, 4.69) is 32.2 Å². The van der Waals surface area contributed by atoms with Gasteiger partial charge in [0.15, 0.2) is 5.82 Å². The fourth-order valence-corrected chi connectivity index (χ4v) is 2.38. The van der Waals surface area contributed by atoms with Crippen LogP contribution in [0.1, 0.15) is 37.5 Å². The molecule has 2 heterocycles. The summed E-state index contributed by atoms with van der Waals surface area (Å²) in [6, 6.07) is 4.38. The molecule has 0 radical (unpaired) electrons. The standard InChI is InChI=1S/C14H20N6O/c1-2-13-17-14(19-18-13)12-10-20(6-7-21-12)9-11(8-16)4-3-5-15/h11-12H,2-4,6-7,9-10H2,1H3,(H,17,18,19)/t11-,12-/m0/s1. The number of nitrogens with one attached hydrogen (secondary N) is 1. The van der Waals surface area contributed by atoms with Gasteiger partial charge in [-0.2, -0.15) is 15.6 Å². The molecule has 1 aromatic heterocycles. The Hall–Kier alpha value is -1.96. The van der Waals surface area contributed by atoms with E-state index in [0.29, 0.717) is 38.4 Å². The summed E-state index contributed by atoms with van der Waals surface area (Å²) in [7, 11) is 0. The lowest BCUT2D eigenvalue weighted by Gasteiger charge is -2.32. The fraction of sp³-hybridized carbons (Fsp3) is 0.714. The highest BCUT2D eigenvalue weighted by Crippen LogP contribution is 2.20. The van der Waals surface area contributed by atoms with Gasteiger partial charge in [-0.05, 0) is 6.42 Å². The maximum atomic E-state index is 9.15. The number of aromatic nitrogens is 3. The van der Waals surface area contributed by atoms with E-state index in [4.69, 9.17) is 15.3 Å². The van der Waals surface area contributed by atoms with Crippen molar-refractivity contribution in [3.8, 4) is 12.1 Å². The van der Waals surface area contributed by atoms with Crippen LogP contribution in [0, 0.1) is 28.6 Å². The van der Waals surface area contributed by atoms with Crippen molar-refractivity contribution < 1.29 is 4.74 Å². The molecule has 112 valence electrons. The number of aryl methyl sites for hydroxylation is 1. The van der Waals surface area contributed by atoms with Crippen LogP contribution in [0.5, 0.6) is 0 Å². The summed E-state index contributed by atoms with van der Waals surface area (Å²) in [5.74, 6) is 1.43. The van der Waals surface area contributed by atoms with Crippen LogP contribution in [0.4, 0.5) is 0 Å². The first-order valence-electron chi connectivity index (χ1n) is 7.28. The van der Waals surface area contributed by atoms with Crippen molar-refractivity contribution in [3.63, 3.8) is 0 Å². The van der Waals surface area contributed by atoms with E-state index in [9.17, 15) is 0 Å². The molecule has 0 amide bonds. The Morgan fingerprint density at radius 1 is 1.52 bits per heavy atom. The van der Waals surface area contributed by atoms with Crippen molar-refractivity contribution in [1.29, 1.82) is 10.5 Å². The van der Waals surface area contributed by atoms with Crippen LogP contribution in [0.15, 0.2) is 0 Å². The molecule has 1 aliphatic heterocycles. The fourth-order valence-electron chi connectivity index (χ4n) is 2.38. The molecule has 0 aliphatic carbocycles. The Morgan fingerprint density at radius 3 is 3.05 bits per heavy atom. The van der Waals surface area contributed by atoms with E-state index in [1.54, 1.807) is 0 Å². The average molecular weight is 288 g/mol. The summed E-state index contributed by atoms with van der Waals surface area (Å²) in [5, 5.41) is 24.9. The lowest BCUT2D eigenvalue weighted by Crippen LogP contribution is -2.41. The molecule has 0 aromatic carbocycles. The van der Waals surface area contributed by atoms with Gasteiger partial charge in [-0.15, -0.1) is 0 Å². The molecule has 7 nitrogen and oxygen atoms in total. The zero-order valence-electron chi connectivity index (χ0n) is 12.2. The molecule has 1 N–H and O–H groups in total. The van der Waals surface area contributed by atoms with Crippen LogP contribution < -0.4 is 0 Å². The number of rotatable bonds is 6. The van der Waals surface area contributed by atoms with E-state index in [1.807, 2.05) is 6.92 Å². The SMILES string of the molecule is CCc1nc([C@@H]2CN(C[C@H](C#N)CCC#N)CCO2)n[nH]1. The Labute approximate surface area is 124 Å². The highest BCUT2D eigenvalue weighted by Gasteiger charge is 2.26. The van der Waals surface area contributed by atoms with Gasteiger partial charge in [0, 0.05) is 32.5 Å². The van der Waals surface area contributed by atoms with Gasteiger partial charge in [0.25, 0.3) is 0 Å². The van der Waals surface area contributed by atoms with Gasteiger partial charge in [0.05, 0.1) is 24.7 Å². The monoisotopic (exact) mass is 288 g/mol. The van der Waals surface area contributed by atoms with Crippen molar-refractivity contribution in [2.24, 2.45) is 5.92 Å². The molecule has 0 bridgehead atoms. The molecule has 2 rings (SSSR count). The zero-order chi connectivity index (χ0) is 15.1. The van der Waals surface area contributed by atoms with E-state index >= 15 is 0 Å². The molecule has 0 unspecified atom stereocenters. The van der Waals surface area contributed by atoms with Crippen LogP contribution in [-0.4, -0.2) is 46.3 Å². The number of aromatic amines is 1. The third-order valence-electron chi connectivity index (χ3n) is 3.59. The molecule has 0 spiro atoms. The van der Waals surface area contributed by atoms with Crippen molar-refractivity contribution in [3.05, 3.63) is 11.6 Å². The molecule has 1 aliphatic rings. The van der Waals surface area contributed by atoms with Crippen LogP contribution in [0.25, 0.3) is 0 Å². The molecule has 0 saturated carbocycles. The zero-order valence-corrected chi connectivity index (χ0v) is 12.2. The largest absolute Gasteiger partial charge is 0.367 e. The smallest absolute Gasteiger partial charge is 0.180 e. The molecule has 1 aromatic rings. The first kappa shape index (κ1) is 15.4. The number of morpholine rings is 1. The highest BCUT2D eigenvalue weighted by molar-refractivity contribution is 4.97. The second-order valence-electron chi connectivity index (χ2n) is 5.14. The maximum Gasteiger partial charge on any atom is 0.180 e.